The molecule has 2 N–H and O–H groups in total. The number of nitrogens with one attached hydrogen (secondary N) is 2. The van der Waals surface area contributed by atoms with Gasteiger partial charge in [-0.15, -0.1) is 0 Å². The van der Waals surface area contributed by atoms with Crippen molar-refractivity contribution in [2.75, 3.05) is 26.2 Å². The quantitative estimate of drug-likeness (QED) is 0.165. The second-order valence-electron chi connectivity index (χ2n) is 10.7. The molecule has 2 aliphatic heterocycles. The van der Waals surface area contributed by atoms with Crippen molar-refractivity contribution in [1.82, 2.24) is 10.6 Å². The lowest BCUT2D eigenvalue weighted by molar-refractivity contribution is -0.386. The fourth-order valence-corrected chi connectivity index (χ4v) is 5.91. The highest BCUT2D eigenvalue weighted by molar-refractivity contribution is 6.00. The lowest BCUT2D eigenvalue weighted by atomic mass is 9.67. The Morgan fingerprint density at radius 2 is 1.20 bits per heavy atom. The van der Waals surface area contributed by atoms with E-state index in [1.165, 1.54) is 36.4 Å². The van der Waals surface area contributed by atoms with Crippen LogP contribution in [0.5, 0.6) is 0 Å². The highest BCUT2D eigenvalue weighted by Crippen LogP contribution is 2.43. The smallest absolute Gasteiger partial charge is 0.324 e. The first-order valence-corrected chi connectivity index (χ1v) is 14.0. The molecular weight excluding hydrogens is 532 g/mol. The SMILES string of the molecule is O=C(OCc1ccccc1[N+](=O)[O-])C(CCC1CCNCC1)(C(=O)OCc1ccccc1[N+](=O)[O-])C1CCNCC1. The van der Waals surface area contributed by atoms with E-state index in [-0.39, 0.29) is 48.1 Å². The van der Waals surface area contributed by atoms with Gasteiger partial charge in [0.15, 0.2) is 5.41 Å². The third-order valence-electron chi connectivity index (χ3n) is 8.26. The van der Waals surface area contributed by atoms with Gasteiger partial charge in [0.05, 0.1) is 21.0 Å². The van der Waals surface area contributed by atoms with Crippen LogP contribution in [0.3, 0.4) is 0 Å². The van der Waals surface area contributed by atoms with Crippen LogP contribution < -0.4 is 10.6 Å². The van der Waals surface area contributed by atoms with E-state index in [4.69, 9.17) is 9.47 Å². The number of carbonyl (C=O) groups excluding carboxylic acids is 2. The fraction of sp³-hybridized carbons (Fsp3) is 0.517. The molecule has 2 aliphatic rings. The van der Waals surface area contributed by atoms with Crippen molar-refractivity contribution in [3.8, 4) is 0 Å². The Balaban J connectivity index is 1.64. The second kappa shape index (κ2) is 14.1. The molecule has 0 radical (unpaired) electrons. The van der Waals surface area contributed by atoms with Crippen LogP contribution in [0.4, 0.5) is 11.4 Å². The molecule has 220 valence electrons. The minimum absolute atomic E-state index is 0.179. The van der Waals surface area contributed by atoms with Crippen LogP contribution in [0.25, 0.3) is 0 Å². The molecule has 12 nitrogen and oxygen atoms in total. The zero-order valence-electron chi connectivity index (χ0n) is 22.9. The predicted octanol–water partition coefficient (Wildman–Crippen LogP) is 4.06. The molecule has 12 heteroatoms. The van der Waals surface area contributed by atoms with E-state index in [2.05, 4.69) is 10.6 Å². The first kappa shape index (κ1) is 30.1. The van der Waals surface area contributed by atoms with Gasteiger partial charge in [0, 0.05) is 12.1 Å². The van der Waals surface area contributed by atoms with Crippen molar-refractivity contribution < 1.29 is 28.9 Å². The lowest BCUT2D eigenvalue weighted by Crippen LogP contribution is -2.51. The molecule has 4 rings (SSSR count). The van der Waals surface area contributed by atoms with Crippen LogP contribution in [0.15, 0.2) is 48.5 Å². The molecule has 0 amide bonds. The van der Waals surface area contributed by atoms with Crippen LogP contribution in [0, 0.1) is 37.5 Å². The van der Waals surface area contributed by atoms with Crippen molar-refractivity contribution in [2.45, 2.75) is 51.7 Å². The zero-order valence-corrected chi connectivity index (χ0v) is 22.9. The maximum Gasteiger partial charge on any atom is 0.324 e. The highest BCUT2D eigenvalue weighted by atomic mass is 16.6. The Labute approximate surface area is 238 Å². The Morgan fingerprint density at radius 1 is 0.756 bits per heavy atom. The Morgan fingerprint density at radius 3 is 1.66 bits per heavy atom. The molecule has 2 aromatic rings. The van der Waals surface area contributed by atoms with Crippen LogP contribution in [0.2, 0.25) is 0 Å². The highest BCUT2D eigenvalue weighted by Gasteiger charge is 2.55. The minimum Gasteiger partial charge on any atom is -0.460 e. The van der Waals surface area contributed by atoms with E-state index < -0.39 is 27.2 Å². The van der Waals surface area contributed by atoms with Gasteiger partial charge in [-0.3, -0.25) is 29.8 Å². The monoisotopic (exact) mass is 568 g/mol. The van der Waals surface area contributed by atoms with E-state index in [0.717, 1.165) is 25.9 Å². The lowest BCUT2D eigenvalue weighted by Gasteiger charge is -2.39. The van der Waals surface area contributed by atoms with Crippen LogP contribution in [0.1, 0.15) is 49.7 Å². The van der Waals surface area contributed by atoms with Gasteiger partial charge in [-0.2, -0.15) is 0 Å². The molecule has 0 aromatic heterocycles. The summed E-state index contributed by atoms with van der Waals surface area (Å²) in [6.45, 7) is 2.19. The number of ether oxygens (including phenoxy) is 2. The molecule has 0 saturated carbocycles. The van der Waals surface area contributed by atoms with Crippen molar-refractivity contribution in [2.24, 2.45) is 17.3 Å². The van der Waals surface area contributed by atoms with Gasteiger partial charge in [0.2, 0.25) is 0 Å². The number of piperidine rings is 2. The molecule has 2 aromatic carbocycles. The van der Waals surface area contributed by atoms with Gasteiger partial charge < -0.3 is 20.1 Å². The summed E-state index contributed by atoms with van der Waals surface area (Å²) in [5.41, 5.74) is -1.57. The molecule has 2 saturated heterocycles. The van der Waals surface area contributed by atoms with E-state index in [1.807, 2.05) is 0 Å². The normalized spacial score (nSPS) is 16.6. The van der Waals surface area contributed by atoms with Crippen molar-refractivity contribution in [1.29, 1.82) is 0 Å². The molecule has 41 heavy (non-hydrogen) atoms. The summed E-state index contributed by atoms with van der Waals surface area (Å²) in [4.78, 5) is 50.1. The van der Waals surface area contributed by atoms with Gasteiger partial charge in [-0.25, -0.2) is 0 Å². The largest absolute Gasteiger partial charge is 0.460 e. The summed E-state index contributed by atoms with van der Waals surface area (Å²) in [6.07, 6.45) is 3.71. The van der Waals surface area contributed by atoms with Gasteiger partial charge in [-0.1, -0.05) is 24.3 Å². The van der Waals surface area contributed by atoms with Gasteiger partial charge in [0.1, 0.15) is 13.2 Å². The number of benzene rings is 2. The first-order valence-electron chi connectivity index (χ1n) is 14.0. The second-order valence-corrected chi connectivity index (χ2v) is 10.7. The zero-order chi connectivity index (χ0) is 29.2. The average molecular weight is 569 g/mol. The summed E-state index contributed by atoms with van der Waals surface area (Å²) < 4.78 is 11.5. The van der Waals surface area contributed by atoms with Crippen molar-refractivity contribution in [3.63, 3.8) is 0 Å². The predicted molar refractivity (Wildman–Crippen MR) is 149 cm³/mol. The number of nitro groups is 2. The Kier molecular flexibility index (Phi) is 10.4. The molecule has 0 bridgehead atoms. The fourth-order valence-electron chi connectivity index (χ4n) is 5.91. The van der Waals surface area contributed by atoms with Crippen molar-refractivity contribution in [3.05, 3.63) is 79.9 Å². The van der Waals surface area contributed by atoms with E-state index in [9.17, 15) is 29.8 Å². The van der Waals surface area contributed by atoms with Crippen molar-refractivity contribution >= 4 is 23.3 Å². The van der Waals surface area contributed by atoms with Crippen LogP contribution >= 0.6 is 0 Å². The summed E-state index contributed by atoms with van der Waals surface area (Å²) in [7, 11) is 0. The minimum atomic E-state index is -1.65. The average Bonchev–Trinajstić information content (AvgIpc) is 3.00. The van der Waals surface area contributed by atoms with E-state index in [0.29, 0.717) is 38.3 Å². The number of carbonyl (C=O) groups is 2. The third-order valence-corrected chi connectivity index (χ3v) is 8.26. The summed E-state index contributed by atoms with van der Waals surface area (Å²) in [5, 5.41) is 29.6. The third kappa shape index (κ3) is 7.25. The summed E-state index contributed by atoms with van der Waals surface area (Å²) in [6, 6.07) is 12.0. The number of rotatable bonds is 12. The standard InChI is InChI=1S/C29H36N4O8/c34-27(40-19-22-5-1-3-7-25(22)32(36)37)29(24-12-17-31-18-13-24,14-9-21-10-15-30-16-11-21)28(35)41-20-23-6-2-4-8-26(23)33(38)39/h1-8,21,24,30-31H,9-20H2. The number of hydrogen-bond donors (Lipinski definition) is 2. The molecule has 0 unspecified atom stereocenters. The Hall–Kier alpha value is -3.90. The molecule has 0 aliphatic carbocycles. The number of para-hydroxylation sites is 2. The molecule has 2 heterocycles. The van der Waals surface area contributed by atoms with Gasteiger partial charge >= 0.3 is 11.9 Å². The maximum atomic E-state index is 14.1. The molecule has 0 spiro atoms. The maximum absolute atomic E-state index is 14.1. The van der Waals surface area contributed by atoms with E-state index >= 15 is 0 Å². The number of nitro benzene ring substituents is 2. The summed E-state index contributed by atoms with van der Waals surface area (Å²) >= 11 is 0. The molecule has 2 fully saturated rings. The van der Waals surface area contributed by atoms with Gasteiger partial charge in [0.25, 0.3) is 11.4 Å². The number of esters is 2. The van der Waals surface area contributed by atoms with Crippen LogP contribution in [-0.2, 0) is 32.3 Å². The van der Waals surface area contributed by atoms with E-state index in [1.54, 1.807) is 12.1 Å². The molecular formula is C29H36N4O8. The Bertz CT molecular complexity index is 1170. The van der Waals surface area contributed by atoms with Gasteiger partial charge in [-0.05, 0) is 88.7 Å². The van der Waals surface area contributed by atoms with Crippen LogP contribution in [-0.4, -0.2) is 48.0 Å². The first-order chi connectivity index (χ1) is 19.8. The summed E-state index contributed by atoms with van der Waals surface area (Å²) in [5.74, 6) is -1.63. The topological polar surface area (TPSA) is 163 Å². The molecule has 0 atom stereocenters. The number of hydrogen-bond acceptors (Lipinski definition) is 10. The number of nitrogens with zero attached hydrogens (tertiary/aromatic N) is 2.